The van der Waals surface area contributed by atoms with Crippen molar-refractivity contribution in [3.63, 3.8) is 0 Å². The highest BCUT2D eigenvalue weighted by molar-refractivity contribution is 7.98. The number of nitrogens with one attached hydrogen (secondary N) is 1. The van der Waals surface area contributed by atoms with Crippen LogP contribution in [0.15, 0.2) is 39.8 Å². The third-order valence-electron chi connectivity index (χ3n) is 4.31. The maximum atomic E-state index is 12.0. The summed E-state index contributed by atoms with van der Waals surface area (Å²) < 4.78 is 32.8. The van der Waals surface area contributed by atoms with Crippen molar-refractivity contribution in [3.05, 3.63) is 41.8 Å². The summed E-state index contributed by atoms with van der Waals surface area (Å²) in [5.74, 6) is 0.934. The number of hydrogen-bond acceptors (Lipinski definition) is 8. The first-order chi connectivity index (χ1) is 12.7. The first kappa shape index (κ1) is 21.3. The van der Waals surface area contributed by atoms with Gasteiger partial charge < -0.3 is 9.26 Å². The maximum Gasteiger partial charge on any atom is 0.264 e. The van der Waals surface area contributed by atoms with Crippen molar-refractivity contribution < 1.29 is 27.7 Å². The standard InChI is InChI=1S/C17H22N2O6S2/c1-17(16(20)18-21,27(3,22)23)9-8-12-10-13(25-19-12)11-26-15-7-5-4-6-14(15)24-2/h4-7,10,21H,8-9,11H2,1-3H3,(H,18,20). The molecule has 8 nitrogen and oxygen atoms in total. The van der Waals surface area contributed by atoms with Crippen molar-refractivity contribution in [1.29, 1.82) is 0 Å². The predicted octanol–water partition coefficient (Wildman–Crippen LogP) is 2.22. The highest BCUT2D eigenvalue weighted by Crippen LogP contribution is 2.31. The molecule has 0 aliphatic rings. The number of aryl methyl sites for hydroxylation is 1. The summed E-state index contributed by atoms with van der Waals surface area (Å²) in [6, 6.07) is 9.33. The van der Waals surface area contributed by atoms with Gasteiger partial charge in [0.15, 0.2) is 9.84 Å². The molecule has 0 spiro atoms. The Kier molecular flexibility index (Phi) is 6.90. The van der Waals surface area contributed by atoms with Crippen LogP contribution in [0, 0.1) is 0 Å². The lowest BCUT2D eigenvalue weighted by Gasteiger charge is -2.24. The van der Waals surface area contributed by atoms with Crippen molar-refractivity contribution in [3.8, 4) is 5.75 Å². The van der Waals surface area contributed by atoms with E-state index in [1.165, 1.54) is 24.2 Å². The Morgan fingerprint density at radius 2 is 2.11 bits per heavy atom. The molecule has 0 bridgehead atoms. The van der Waals surface area contributed by atoms with E-state index in [9.17, 15) is 13.2 Å². The van der Waals surface area contributed by atoms with Gasteiger partial charge in [0.2, 0.25) is 0 Å². The second kappa shape index (κ2) is 8.77. The van der Waals surface area contributed by atoms with Crippen LogP contribution in [0.5, 0.6) is 5.75 Å². The summed E-state index contributed by atoms with van der Waals surface area (Å²) in [6.07, 6.45) is 1.13. The second-order valence-electron chi connectivity index (χ2n) is 6.17. The fourth-order valence-corrected chi connectivity index (χ4v) is 4.14. The number of ether oxygens (including phenoxy) is 1. The van der Waals surface area contributed by atoms with E-state index in [0.717, 1.165) is 16.9 Å². The molecule has 1 aromatic carbocycles. The largest absolute Gasteiger partial charge is 0.496 e. The van der Waals surface area contributed by atoms with Gasteiger partial charge >= 0.3 is 0 Å². The topological polar surface area (TPSA) is 119 Å². The first-order valence-corrected chi connectivity index (χ1v) is 10.9. The molecular weight excluding hydrogens is 392 g/mol. The quantitative estimate of drug-likeness (QED) is 0.364. The molecule has 2 aromatic rings. The SMILES string of the molecule is COc1ccccc1SCc1cc(CCC(C)(C(=O)NO)S(C)(=O)=O)no1. The highest BCUT2D eigenvalue weighted by Gasteiger charge is 2.43. The molecule has 0 fully saturated rings. The van der Waals surface area contributed by atoms with Crippen molar-refractivity contribution in [2.45, 2.75) is 35.2 Å². The lowest BCUT2D eigenvalue weighted by atomic mass is 10.0. The summed E-state index contributed by atoms with van der Waals surface area (Å²) in [6.45, 7) is 1.27. The number of sulfone groups is 1. The number of carbonyl (C=O) groups is 1. The van der Waals surface area contributed by atoms with Crippen LogP contribution in [0.4, 0.5) is 0 Å². The molecule has 0 saturated heterocycles. The van der Waals surface area contributed by atoms with Gasteiger partial charge in [-0.2, -0.15) is 0 Å². The van der Waals surface area contributed by atoms with E-state index < -0.39 is 20.5 Å². The number of aromatic nitrogens is 1. The monoisotopic (exact) mass is 414 g/mol. The van der Waals surface area contributed by atoms with Crippen molar-refractivity contribution in [2.75, 3.05) is 13.4 Å². The van der Waals surface area contributed by atoms with Crippen LogP contribution in [0.1, 0.15) is 24.8 Å². The van der Waals surface area contributed by atoms with Gasteiger partial charge in [-0.3, -0.25) is 10.0 Å². The molecular formula is C17H22N2O6S2. The summed E-state index contributed by atoms with van der Waals surface area (Å²) in [4.78, 5) is 12.8. The van der Waals surface area contributed by atoms with Crippen LogP contribution < -0.4 is 10.2 Å². The summed E-state index contributed by atoms with van der Waals surface area (Å²) >= 11 is 1.52. The Morgan fingerprint density at radius 3 is 2.74 bits per heavy atom. The van der Waals surface area contributed by atoms with Crippen molar-refractivity contribution in [2.24, 2.45) is 0 Å². The first-order valence-electron chi connectivity index (χ1n) is 8.05. The van der Waals surface area contributed by atoms with E-state index in [2.05, 4.69) is 5.16 Å². The molecule has 0 aliphatic carbocycles. The Morgan fingerprint density at radius 1 is 1.41 bits per heavy atom. The Balaban J connectivity index is 2.02. The lowest BCUT2D eigenvalue weighted by molar-refractivity contribution is -0.131. The molecule has 0 aliphatic heterocycles. The maximum absolute atomic E-state index is 12.0. The van der Waals surface area contributed by atoms with Crippen molar-refractivity contribution >= 4 is 27.5 Å². The number of amides is 1. The molecule has 1 aromatic heterocycles. The number of methoxy groups -OCH3 is 1. The van der Waals surface area contributed by atoms with Gasteiger partial charge in [0.05, 0.1) is 18.6 Å². The van der Waals surface area contributed by atoms with E-state index in [4.69, 9.17) is 14.5 Å². The number of nitrogens with zero attached hydrogens (tertiary/aromatic N) is 1. The second-order valence-corrected chi connectivity index (χ2v) is 9.63. The number of rotatable bonds is 9. The summed E-state index contributed by atoms with van der Waals surface area (Å²) in [5.41, 5.74) is 1.96. The lowest BCUT2D eigenvalue weighted by Crippen LogP contribution is -2.49. The Bertz CT molecular complexity index is 896. The fourth-order valence-electron chi connectivity index (χ4n) is 2.38. The minimum Gasteiger partial charge on any atom is -0.496 e. The zero-order valence-electron chi connectivity index (χ0n) is 15.3. The minimum absolute atomic E-state index is 0.0378. The molecule has 1 amide bonds. The number of thioether (sulfide) groups is 1. The Hall–Kier alpha value is -2.04. The van der Waals surface area contributed by atoms with Crippen LogP contribution in [-0.4, -0.2) is 42.8 Å². The summed E-state index contributed by atoms with van der Waals surface area (Å²) in [5, 5.41) is 12.8. The van der Waals surface area contributed by atoms with Gasteiger partial charge in [-0.15, -0.1) is 11.8 Å². The van der Waals surface area contributed by atoms with E-state index >= 15 is 0 Å². The van der Waals surface area contributed by atoms with Crippen LogP contribution >= 0.6 is 11.8 Å². The van der Waals surface area contributed by atoms with E-state index in [1.807, 2.05) is 24.3 Å². The zero-order chi connectivity index (χ0) is 20.1. The normalized spacial score (nSPS) is 13.8. The highest BCUT2D eigenvalue weighted by atomic mass is 32.2. The third kappa shape index (κ3) is 5.02. The number of hydroxylamine groups is 1. The zero-order valence-corrected chi connectivity index (χ0v) is 16.9. The Labute approximate surface area is 162 Å². The number of para-hydroxylation sites is 1. The fraction of sp³-hybridized carbons (Fsp3) is 0.412. The minimum atomic E-state index is -3.74. The molecule has 10 heteroatoms. The van der Waals surface area contributed by atoms with Crippen LogP contribution in [0.3, 0.4) is 0 Å². The molecule has 2 rings (SSSR count). The molecule has 1 atom stereocenters. The van der Waals surface area contributed by atoms with Gasteiger partial charge in [0.1, 0.15) is 16.3 Å². The molecule has 0 saturated carbocycles. The van der Waals surface area contributed by atoms with Gasteiger partial charge in [0, 0.05) is 17.2 Å². The molecule has 2 N–H and O–H groups in total. The van der Waals surface area contributed by atoms with Crippen molar-refractivity contribution in [1.82, 2.24) is 10.6 Å². The number of hydrogen-bond donors (Lipinski definition) is 2. The number of benzene rings is 1. The molecule has 148 valence electrons. The average Bonchev–Trinajstić information content (AvgIpc) is 3.10. The summed E-state index contributed by atoms with van der Waals surface area (Å²) in [7, 11) is -2.14. The molecule has 0 radical (unpaired) electrons. The van der Waals surface area contributed by atoms with Gasteiger partial charge in [-0.05, 0) is 31.9 Å². The predicted molar refractivity (Wildman–Crippen MR) is 101 cm³/mol. The molecule has 1 heterocycles. The molecule has 1 unspecified atom stereocenters. The van der Waals surface area contributed by atoms with E-state index in [-0.39, 0.29) is 12.8 Å². The number of carbonyl (C=O) groups excluding carboxylic acids is 1. The third-order valence-corrected chi connectivity index (χ3v) is 7.41. The van der Waals surface area contributed by atoms with Crippen LogP contribution in [0.2, 0.25) is 0 Å². The molecule has 27 heavy (non-hydrogen) atoms. The van der Waals surface area contributed by atoms with Gasteiger partial charge in [-0.25, -0.2) is 13.9 Å². The van der Waals surface area contributed by atoms with Gasteiger partial charge in [0.25, 0.3) is 5.91 Å². The van der Waals surface area contributed by atoms with E-state index in [0.29, 0.717) is 17.2 Å². The van der Waals surface area contributed by atoms with E-state index in [1.54, 1.807) is 13.2 Å². The van der Waals surface area contributed by atoms with Crippen LogP contribution in [0.25, 0.3) is 0 Å². The van der Waals surface area contributed by atoms with Gasteiger partial charge in [-0.1, -0.05) is 17.3 Å². The average molecular weight is 415 g/mol. The smallest absolute Gasteiger partial charge is 0.264 e. The van der Waals surface area contributed by atoms with Crippen LogP contribution in [-0.2, 0) is 26.8 Å².